The Bertz CT molecular complexity index is 1170. The number of benzene rings is 2. The number of sulfonamides is 1. The number of rotatable bonds is 2. The molecule has 2 aromatic rings. The highest BCUT2D eigenvalue weighted by atomic mass is 32.2. The molecule has 2 aromatic carbocycles. The molecule has 3 N–H and O–H groups in total. The lowest BCUT2D eigenvalue weighted by Crippen LogP contribution is -2.52. The van der Waals surface area contributed by atoms with E-state index in [1.807, 2.05) is 24.1 Å². The molecule has 10 nitrogen and oxygen atoms in total. The van der Waals surface area contributed by atoms with Crippen LogP contribution in [0.15, 0.2) is 53.4 Å². The van der Waals surface area contributed by atoms with E-state index in [0.29, 0.717) is 57.1 Å². The van der Waals surface area contributed by atoms with E-state index in [2.05, 4.69) is 10.0 Å². The highest BCUT2D eigenvalue weighted by Gasteiger charge is 2.39. The van der Waals surface area contributed by atoms with Crippen LogP contribution in [0.2, 0.25) is 0 Å². The van der Waals surface area contributed by atoms with E-state index in [4.69, 9.17) is 9.47 Å². The van der Waals surface area contributed by atoms with E-state index >= 15 is 0 Å². The molecular formula is C25H34N4O6S. The number of likely N-dealkylation sites (tertiary alicyclic amines) is 1. The number of carbonyl (C=O) groups is 1. The molecule has 196 valence electrons. The highest BCUT2D eigenvalue weighted by molar-refractivity contribution is 7.89. The molecule has 2 aliphatic rings. The van der Waals surface area contributed by atoms with Crippen LogP contribution in [0.3, 0.4) is 0 Å². The largest absolute Gasteiger partial charge is 0.495 e. The number of aliphatic hydroxyl groups is 1. The van der Waals surface area contributed by atoms with Gasteiger partial charge < -0.3 is 29.7 Å². The van der Waals surface area contributed by atoms with Gasteiger partial charge in [0, 0.05) is 38.1 Å². The number of nitrogens with zero attached hydrogens (tertiary/aromatic N) is 2. The van der Waals surface area contributed by atoms with E-state index < -0.39 is 16.1 Å². The van der Waals surface area contributed by atoms with Crippen molar-refractivity contribution in [1.29, 1.82) is 0 Å². The summed E-state index contributed by atoms with van der Waals surface area (Å²) in [6, 6.07) is 13.6. The Morgan fingerprint density at radius 3 is 2.61 bits per heavy atom. The third-order valence-electron chi connectivity index (χ3n) is 6.77. The van der Waals surface area contributed by atoms with Crippen molar-refractivity contribution in [2.75, 3.05) is 58.8 Å². The van der Waals surface area contributed by atoms with Gasteiger partial charge in [-0.2, -0.15) is 0 Å². The molecule has 0 radical (unpaired) electrons. The van der Waals surface area contributed by atoms with Gasteiger partial charge in [0.15, 0.2) is 0 Å². The van der Waals surface area contributed by atoms with Crippen LogP contribution in [0, 0.1) is 5.41 Å². The van der Waals surface area contributed by atoms with E-state index in [1.54, 1.807) is 42.3 Å². The Morgan fingerprint density at radius 1 is 1.17 bits per heavy atom. The third kappa shape index (κ3) is 6.09. The molecule has 0 bridgehead atoms. The number of para-hydroxylation sites is 3. The first-order valence-corrected chi connectivity index (χ1v) is 13.5. The first-order valence-electron chi connectivity index (χ1n) is 12.0. The van der Waals surface area contributed by atoms with Crippen LogP contribution < -0.4 is 19.5 Å². The first-order chi connectivity index (χ1) is 17.2. The van der Waals surface area contributed by atoms with Gasteiger partial charge in [-0.05, 0) is 44.2 Å². The van der Waals surface area contributed by atoms with Gasteiger partial charge in [-0.1, -0.05) is 24.3 Å². The molecule has 2 heterocycles. The predicted octanol–water partition coefficient (Wildman–Crippen LogP) is 1.97. The summed E-state index contributed by atoms with van der Waals surface area (Å²) >= 11 is 0. The maximum atomic E-state index is 13.0. The van der Waals surface area contributed by atoms with Gasteiger partial charge in [0.05, 0.1) is 25.5 Å². The minimum Gasteiger partial charge on any atom is -0.495 e. The van der Waals surface area contributed by atoms with Crippen molar-refractivity contribution >= 4 is 21.7 Å². The summed E-state index contributed by atoms with van der Waals surface area (Å²) in [5, 5.41) is 13.4. The summed E-state index contributed by atoms with van der Waals surface area (Å²) in [7, 11) is -0.378. The average Bonchev–Trinajstić information content (AvgIpc) is 2.86. The fourth-order valence-electron chi connectivity index (χ4n) is 4.84. The summed E-state index contributed by atoms with van der Waals surface area (Å²) in [4.78, 5) is 16.8. The van der Waals surface area contributed by atoms with Gasteiger partial charge in [0.2, 0.25) is 10.0 Å². The zero-order valence-corrected chi connectivity index (χ0v) is 21.5. The number of anilines is 1. The second-order valence-corrected chi connectivity index (χ2v) is 11.3. The Kier molecular flexibility index (Phi) is 8.04. The van der Waals surface area contributed by atoms with Crippen LogP contribution in [-0.2, 0) is 10.0 Å². The van der Waals surface area contributed by atoms with Crippen LogP contribution >= 0.6 is 0 Å². The van der Waals surface area contributed by atoms with Crippen molar-refractivity contribution in [3.8, 4) is 11.5 Å². The van der Waals surface area contributed by atoms with Crippen LogP contribution in [0.25, 0.3) is 0 Å². The maximum absolute atomic E-state index is 13.0. The van der Waals surface area contributed by atoms with E-state index in [9.17, 15) is 18.3 Å². The quantitative estimate of drug-likeness (QED) is 0.556. The lowest BCUT2D eigenvalue weighted by molar-refractivity contribution is 0.0256. The number of ether oxygens (including phenoxy) is 2. The van der Waals surface area contributed by atoms with Crippen LogP contribution in [-0.4, -0.2) is 88.9 Å². The normalized spacial score (nSPS) is 22.4. The highest BCUT2D eigenvalue weighted by Crippen LogP contribution is 2.35. The summed E-state index contributed by atoms with van der Waals surface area (Å²) in [5.41, 5.74) is 0.291. The Hall–Kier alpha value is -2.86. The van der Waals surface area contributed by atoms with Crippen LogP contribution in [0.1, 0.15) is 12.8 Å². The molecule has 2 amide bonds. The first kappa shape index (κ1) is 26.2. The summed E-state index contributed by atoms with van der Waals surface area (Å²) in [5.74, 6) is 0.869. The number of aliphatic hydroxyl groups excluding tert-OH is 1. The van der Waals surface area contributed by atoms with Crippen molar-refractivity contribution in [2.45, 2.75) is 23.8 Å². The molecule has 1 unspecified atom stereocenters. The summed E-state index contributed by atoms with van der Waals surface area (Å²) in [6.45, 7) is 2.18. The zero-order chi connectivity index (χ0) is 25.8. The number of hydrogen-bond acceptors (Lipinski definition) is 7. The fraction of sp³-hybridized carbons (Fsp3) is 0.480. The lowest BCUT2D eigenvalue weighted by atomic mass is 9.78. The molecule has 4 rings (SSSR count). The third-order valence-corrected chi connectivity index (χ3v) is 8.23. The number of methoxy groups -OCH3 is 1. The van der Waals surface area contributed by atoms with Crippen LogP contribution in [0.4, 0.5) is 10.5 Å². The van der Waals surface area contributed by atoms with Crippen molar-refractivity contribution in [1.82, 2.24) is 14.5 Å². The van der Waals surface area contributed by atoms with Crippen molar-refractivity contribution < 1.29 is 27.8 Å². The number of fused-ring (bicyclic) bond motifs is 1. The van der Waals surface area contributed by atoms with E-state index in [1.165, 1.54) is 6.07 Å². The number of amides is 2. The molecule has 36 heavy (non-hydrogen) atoms. The summed E-state index contributed by atoms with van der Waals surface area (Å²) in [6.07, 6.45) is 0.473. The Balaban J connectivity index is 1.51. The van der Waals surface area contributed by atoms with Gasteiger partial charge in [0.25, 0.3) is 0 Å². The van der Waals surface area contributed by atoms with E-state index in [-0.39, 0.29) is 28.6 Å². The molecule has 0 saturated carbocycles. The van der Waals surface area contributed by atoms with Crippen molar-refractivity contribution in [2.24, 2.45) is 5.41 Å². The lowest BCUT2D eigenvalue weighted by Gasteiger charge is -2.44. The number of urea groups is 1. The monoisotopic (exact) mass is 518 g/mol. The number of nitrogens with one attached hydrogen (secondary N) is 2. The minimum atomic E-state index is -3.84. The molecule has 0 aliphatic carbocycles. The fourth-order valence-corrected chi connectivity index (χ4v) is 6.06. The standard InChI is InChI=1S/C25H34N4O6S/c1-28-16-19(30)15-26-36(32,33)23-10-6-5-9-22(23)35-18-25(17-28)11-13-29(14-12-25)24(31)27-20-7-3-4-8-21(20)34-2/h3-10,19,26,30H,11-18H2,1-2H3,(H,27,31). The van der Waals surface area contributed by atoms with Gasteiger partial charge in [-0.25, -0.2) is 17.9 Å². The predicted molar refractivity (Wildman–Crippen MR) is 136 cm³/mol. The SMILES string of the molecule is COc1ccccc1NC(=O)N1CCC2(CC1)COc1ccccc1S(=O)(=O)NCC(O)CN(C)C2. The molecule has 1 spiro atoms. The number of β-amino-alcohol motifs (C(OH)–C–C–N with tert-alkyl or cyclic N) is 1. The second kappa shape index (κ2) is 11.0. The topological polar surface area (TPSA) is 120 Å². The van der Waals surface area contributed by atoms with Gasteiger partial charge in [0.1, 0.15) is 16.4 Å². The number of piperidine rings is 1. The van der Waals surface area contributed by atoms with Gasteiger partial charge in [-0.15, -0.1) is 0 Å². The average molecular weight is 519 g/mol. The number of likely N-dealkylation sites (N-methyl/N-ethyl adjacent to an activating group) is 1. The molecule has 2 aliphatic heterocycles. The molecule has 11 heteroatoms. The number of hydrogen-bond donors (Lipinski definition) is 3. The Labute approximate surface area is 212 Å². The van der Waals surface area contributed by atoms with Gasteiger partial charge >= 0.3 is 6.03 Å². The molecule has 0 aromatic heterocycles. The smallest absolute Gasteiger partial charge is 0.321 e. The van der Waals surface area contributed by atoms with E-state index in [0.717, 1.165) is 0 Å². The Morgan fingerprint density at radius 2 is 1.86 bits per heavy atom. The minimum absolute atomic E-state index is 0.0508. The van der Waals surface area contributed by atoms with Crippen LogP contribution in [0.5, 0.6) is 11.5 Å². The molecule has 1 atom stereocenters. The molecule has 1 fully saturated rings. The number of carbonyl (C=O) groups excluding carboxylic acids is 1. The van der Waals surface area contributed by atoms with Crippen molar-refractivity contribution in [3.05, 3.63) is 48.5 Å². The molecular weight excluding hydrogens is 484 g/mol. The summed E-state index contributed by atoms with van der Waals surface area (Å²) < 4.78 is 39.6. The second-order valence-electron chi connectivity index (χ2n) is 9.56. The van der Waals surface area contributed by atoms with Gasteiger partial charge in [-0.3, -0.25) is 0 Å². The zero-order valence-electron chi connectivity index (χ0n) is 20.6. The van der Waals surface area contributed by atoms with Crippen molar-refractivity contribution in [3.63, 3.8) is 0 Å². The molecule has 1 saturated heterocycles. The maximum Gasteiger partial charge on any atom is 0.321 e.